The third kappa shape index (κ3) is 2.77. The molecule has 0 bridgehead atoms. The molecule has 21 heavy (non-hydrogen) atoms. The molecular formula is C18H16N2O. The van der Waals surface area contributed by atoms with Gasteiger partial charge in [-0.2, -0.15) is 0 Å². The van der Waals surface area contributed by atoms with Gasteiger partial charge in [0.2, 0.25) is 0 Å². The predicted octanol–water partition coefficient (Wildman–Crippen LogP) is 3.96. The van der Waals surface area contributed by atoms with Crippen LogP contribution in [-0.4, -0.2) is 15.9 Å². The normalized spacial score (nSPS) is 11.8. The molecule has 1 N–H and O–H groups in total. The smallest absolute Gasteiger partial charge is 0.0912 e. The molecule has 0 aliphatic carbocycles. The fraction of sp³-hybridized carbons (Fsp3) is 0.111. The van der Waals surface area contributed by atoms with Crippen molar-refractivity contribution in [2.45, 2.75) is 13.3 Å². The third-order valence-corrected chi connectivity index (χ3v) is 3.60. The Morgan fingerprint density at radius 1 is 1.05 bits per heavy atom. The molecule has 0 unspecified atom stereocenters. The van der Waals surface area contributed by atoms with Crippen molar-refractivity contribution in [2.24, 2.45) is 5.16 Å². The van der Waals surface area contributed by atoms with Crippen LogP contribution in [-0.2, 0) is 6.42 Å². The standard InChI is InChI=1S/C18H16N2O/c1-13-16(11-15-9-5-6-10-17(15)19-13)12-18(20-21)14-7-3-2-4-8-14/h2-11,21H,12H2,1H3/b20-18-. The molecule has 0 aliphatic heterocycles. The fourth-order valence-electron chi connectivity index (χ4n) is 2.44. The molecule has 104 valence electrons. The van der Waals surface area contributed by atoms with Crippen molar-refractivity contribution in [3.8, 4) is 0 Å². The molecular weight excluding hydrogens is 260 g/mol. The van der Waals surface area contributed by atoms with Crippen molar-refractivity contribution in [3.63, 3.8) is 0 Å². The van der Waals surface area contributed by atoms with E-state index in [1.807, 2.05) is 61.5 Å². The molecule has 0 saturated heterocycles. The number of para-hydroxylation sites is 1. The van der Waals surface area contributed by atoms with Crippen LogP contribution in [0.3, 0.4) is 0 Å². The Bertz CT molecular complexity index is 795. The lowest BCUT2D eigenvalue weighted by molar-refractivity contribution is 0.318. The summed E-state index contributed by atoms with van der Waals surface area (Å²) in [6.45, 7) is 1.99. The summed E-state index contributed by atoms with van der Waals surface area (Å²) in [7, 11) is 0. The summed E-state index contributed by atoms with van der Waals surface area (Å²) in [5.74, 6) is 0. The second-order valence-electron chi connectivity index (χ2n) is 5.02. The molecule has 3 rings (SSSR count). The van der Waals surface area contributed by atoms with Crippen LogP contribution in [0.5, 0.6) is 0 Å². The first-order valence-corrected chi connectivity index (χ1v) is 6.89. The van der Waals surface area contributed by atoms with Gasteiger partial charge in [0.05, 0.1) is 11.2 Å². The molecule has 3 heteroatoms. The van der Waals surface area contributed by atoms with Gasteiger partial charge in [-0.25, -0.2) is 0 Å². The van der Waals surface area contributed by atoms with Gasteiger partial charge in [0.25, 0.3) is 0 Å². The van der Waals surface area contributed by atoms with E-state index in [1.54, 1.807) is 0 Å². The topological polar surface area (TPSA) is 45.5 Å². The first kappa shape index (κ1) is 13.3. The SMILES string of the molecule is Cc1nc2ccccc2cc1C/C(=N/O)c1ccccc1. The van der Waals surface area contributed by atoms with Crippen LogP contribution in [0.25, 0.3) is 10.9 Å². The van der Waals surface area contributed by atoms with E-state index in [9.17, 15) is 5.21 Å². The van der Waals surface area contributed by atoms with Crippen LogP contribution >= 0.6 is 0 Å². The number of aryl methyl sites for hydroxylation is 1. The highest BCUT2D eigenvalue weighted by atomic mass is 16.4. The summed E-state index contributed by atoms with van der Waals surface area (Å²) in [6, 6.07) is 19.9. The molecule has 3 aromatic rings. The molecule has 0 amide bonds. The van der Waals surface area contributed by atoms with Gasteiger partial charge in [-0.15, -0.1) is 0 Å². The van der Waals surface area contributed by atoms with E-state index in [4.69, 9.17) is 0 Å². The Labute approximate surface area is 123 Å². The highest BCUT2D eigenvalue weighted by molar-refractivity contribution is 6.01. The molecule has 0 atom stereocenters. The quantitative estimate of drug-likeness (QED) is 0.447. The number of benzene rings is 2. The summed E-state index contributed by atoms with van der Waals surface area (Å²) >= 11 is 0. The Morgan fingerprint density at radius 2 is 1.76 bits per heavy atom. The number of oxime groups is 1. The highest BCUT2D eigenvalue weighted by Gasteiger charge is 2.09. The van der Waals surface area contributed by atoms with Gasteiger partial charge in [-0.05, 0) is 30.2 Å². The molecule has 1 heterocycles. The lowest BCUT2D eigenvalue weighted by Gasteiger charge is -2.09. The molecule has 0 saturated carbocycles. The number of rotatable bonds is 3. The highest BCUT2D eigenvalue weighted by Crippen LogP contribution is 2.18. The van der Waals surface area contributed by atoms with Crippen molar-refractivity contribution in [1.82, 2.24) is 4.98 Å². The largest absolute Gasteiger partial charge is 0.411 e. The maximum absolute atomic E-state index is 9.31. The Kier molecular flexibility index (Phi) is 3.65. The second kappa shape index (κ2) is 5.75. The number of fused-ring (bicyclic) bond motifs is 1. The summed E-state index contributed by atoms with van der Waals surface area (Å²) in [5.41, 5.74) is 4.60. The van der Waals surface area contributed by atoms with Crippen molar-refractivity contribution >= 4 is 16.6 Å². The van der Waals surface area contributed by atoms with E-state index in [0.717, 1.165) is 27.7 Å². The van der Waals surface area contributed by atoms with Gasteiger partial charge < -0.3 is 5.21 Å². The van der Waals surface area contributed by atoms with Crippen LogP contribution in [0.15, 0.2) is 65.8 Å². The number of hydrogen-bond acceptors (Lipinski definition) is 3. The maximum atomic E-state index is 9.31. The Balaban J connectivity index is 1.99. The van der Waals surface area contributed by atoms with Crippen LogP contribution in [0.1, 0.15) is 16.8 Å². The minimum absolute atomic E-state index is 0.560. The van der Waals surface area contributed by atoms with E-state index < -0.39 is 0 Å². The van der Waals surface area contributed by atoms with Crippen LogP contribution in [0, 0.1) is 6.92 Å². The zero-order valence-electron chi connectivity index (χ0n) is 11.8. The average Bonchev–Trinajstić information content (AvgIpc) is 2.53. The lowest BCUT2D eigenvalue weighted by atomic mass is 10.00. The number of pyridine rings is 1. The van der Waals surface area contributed by atoms with E-state index in [2.05, 4.69) is 16.2 Å². The van der Waals surface area contributed by atoms with Crippen molar-refractivity contribution in [1.29, 1.82) is 0 Å². The zero-order chi connectivity index (χ0) is 14.7. The van der Waals surface area contributed by atoms with E-state index >= 15 is 0 Å². The van der Waals surface area contributed by atoms with E-state index in [1.165, 1.54) is 0 Å². The molecule has 3 nitrogen and oxygen atoms in total. The number of nitrogens with zero attached hydrogens (tertiary/aromatic N) is 2. The van der Waals surface area contributed by atoms with Gasteiger partial charge in [0, 0.05) is 17.5 Å². The minimum atomic E-state index is 0.560. The molecule has 0 radical (unpaired) electrons. The first-order chi connectivity index (χ1) is 10.3. The molecule has 1 aromatic heterocycles. The monoisotopic (exact) mass is 276 g/mol. The van der Waals surface area contributed by atoms with Crippen LogP contribution in [0.4, 0.5) is 0 Å². The van der Waals surface area contributed by atoms with Gasteiger partial charge >= 0.3 is 0 Å². The molecule has 0 fully saturated rings. The number of hydrogen-bond donors (Lipinski definition) is 1. The molecule has 0 spiro atoms. The van der Waals surface area contributed by atoms with E-state index in [-0.39, 0.29) is 0 Å². The molecule has 2 aromatic carbocycles. The third-order valence-electron chi connectivity index (χ3n) is 3.60. The van der Waals surface area contributed by atoms with Crippen LogP contribution < -0.4 is 0 Å². The maximum Gasteiger partial charge on any atom is 0.0912 e. The summed E-state index contributed by atoms with van der Waals surface area (Å²) in [6.07, 6.45) is 0.560. The van der Waals surface area contributed by atoms with Crippen molar-refractivity contribution in [2.75, 3.05) is 0 Å². The molecule has 0 aliphatic rings. The van der Waals surface area contributed by atoms with Gasteiger partial charge in [0.15, 0.2) is 0 Å². The van der Waals surface area contributed by atoms with Crippen LogP contribution in [0.2, 0.25) is 0 Å². The summed E-state index contributed by atoms with van der Waals surface area (Å²) in [5, 5.41) is 13.9. The summed E-state index contributed by atoms with van der Waals surface area (Å²) < 4.78 is 0. The number of aromatic nitrogens is 1. The first-order valence-electron chi connectivity index (χ1n) is 6.89. The van der Waals surface area contributed by atoms with E-state index in [0.29, 0.717) is 12.1 Å². The Morgan fingerprint density at radius 3 is 2.52 bits per heavy atom. The van der Waals surface area contributed by atoms with Gasteiger partial charge in [0.1, 0.15) is 0 Å². The lowest BCUT2D eigenvalue weighted by Crippen LogP contribution is -2.07. The fourth-order valence-corrected chi connectivity index (χ4v) is 2.44. The predicted molar refractivity (Wildman–Crippen MR) is 84.9 cm³/mol. The Hall–Kier alpha value is -2.68. The summed E-state index contributed by atoms with van der Waals surface area (Å²) in [4.78, 5) is 4.62. The minimum Gasteiger partial charge on any atom is -0.411 e. The van der Waals surface area contributed by atoms with Crippen molar-refractivity contribution in [3.05, 3.63) is 77.5 Å². The van der Waals surface area contributed by atoms with Gasteiger partial charge in [-0.3, -0.25) is 4.98 Å². The second-order valence-corrected chi connectivity index (χ2v) is 5.02. The average molecular weight is 276 g/mol. The van der Waals surface area contributed by atoms with Crippen molar-refractivity contribution < 1.29 is 5.21 Å². The zero-order valence-corrected chi connectivity index (χ0v) is 11.8. The van der Waals surface area contributed by atoms with Gasteiger partial charge in [-0.1, -0.05) is 53.7 Å².